The van der Waals surface area contributed by atoms with E-state index in [1.165, 1.54) is 6.08 Å². The van der Waals surface area contributed by atoms with Crippen molar-refractivity contribution in [1.29, 1.82) is 0 Å². The first kappa shape index (κ1) is 14.4. The van der Waals surface area contributed by atoms with Gasteiger partial charge in [-0.05, 0) is 42.8 Å². The summed E-state index contributed by atoms with van der Waals surface area (Å²) in [6, 6.07) is 14.6. The molecule has 0 bridgehead atoms. The molecular weight excluding hydrogens is 272 g/mol. The number of allylic oxidation sites excluding steroid dienone is 1. The van der Waals surface area contributed by atoms with E-state index in [1.54, 1.807) is 30.3 Å². The van der Waals surface area contributed by atoms with Crippen LogP contribution in [0.2, 0.25) is 5.02 Å². The van der Waals surface area contributed by atoms with E-state index in [4.69, 9.17) is 16.3 Å². The van der Waals surface area contributed by atoms with Crippen LogP contribution < -0.4 is 4.74 Å². The van der Waals surface area contributed by atoms with Crippen LogP contribution in [0.3, 0.4) is 0 Å². The van der Waals surface area contributed by atoms with Crippen LogP contribution in [0.5, 0.6) is 5.75 Å². The van der Waals surface area contributed by atoms with Crippen LogP contribution in [-0.4, -0.2) is 12.4 Å². The minimum Gasteiger partial charge on any atom is -0.494 e. The van der Waals surface area contributed by atoms with Crippen molar-refractivity contribution in [3.8, 4) is 5.75 Å². The van der Waals surface area contributed by atoms with E-state index in [1.807, 2.05) is 31.2 Å². The number of hydrogen-bond acceptors (Lipinski definition) is 2. The smallest absolute Gasteiger partial charge is 0.187 e. The summed E-state index contributed by atoms with van der Waals surface area (Å²) in [6.45, 7) is 2.58. The van der Waals surface area contributed by atoms with Crippen LogP contribution in [0, 0.1) is 0 Å². The minimum absolute atomic E-state index is 0.107. The van der Waals surface area contributed by atoms with Crippen LogP contribution in [0.15, 0.2) is 54.6 Å². The summed E-state index contributed by atoms with van der Waals surface area (Å²) in [5, 5.41) is 0.467. The second-order valence-corrected chi connectivity index (χ2v) is 4.59. The van der Waals surface area contributed by atoms with Crippen molar-refractivity contribution in [3.05, 3.63) is 70.8 Å². The number of ketones is 1. The summed E-state index contributed by atoms with van der Waals surface area (Å²) in [4.78, 5) is 12.0. The van der Waals surface area contributed by atoms with Crippen molar-refractivity contribution in [1.82, 2.24) is 0 Å². The van der Waals surface area contributed by atoms with Crippen LogP contribution in [-0.2, 0) is 0 Å². The lowest BCUT2D eigenvalue weighted by molar-refractivity contribution is 0.104. The lowest BCUT2D eigenvalue weighted by Gasteiger charge is -2.02. The Hall–Kier alpha value is -2.06. The fourth-order valence-corrected chi connectivity index (χ4v) is 1.99. The number of hydrogen-bond donors (Lipinski definition) is 0. The SMILES string of the molecule is CCOc1ccc(/C=C/C(=O)c2ccccc2Cl)cc1. The molecule has 0 saturated carbocycles. The van der Waals surface area contributed by atoms with E-state index in [0.29, 0.717) is 17.2 Å². The Labute approximate surface area is 123 Å². The van der Waals surface area contributed by atoms with Gasteiger partial charge in [-0.15, -0.1) is 0 Å². The molecule has 2 aromatic carbocycles. The fourth-order valence-electron chi connectivity index (χ4n) is 1.76. The molecule has 0 heterocycles. The van der Waals surface area contributed by atoms with Crippen LogP contribution in [0.1, 0.15) is 22.8 Å². The van der Waals surface area contributed by atoms with Gasteiger partial charge in [0.2, 0.25) is 0 Å². The highest BCUT2D eigenvalue weighted by Crippen LogP contribution is 2.17. The number of rotatable bonds is 5. The van der Waals surface area contributed by atoms with Gasteiger partial charge < -0.3 is 4.74 Å². The third-order valence-corrected chi connectivity index (χ3v) is 3.09. The molecule has 3 heteroatoms. The molecule has 0 fully saturated rings. The highest BCUT2D eigenvalue weighted by Gasteiger charge is 2.05. The molecule has 0 unspecified atom stereocenters. The van der Waals surface area contributed by atoms with Crippen molar-refractivity contribution in [3.63, 3.8) is 0 Å². The van der Waals surface area contributed by atoms with E-state index >= 15 is 0 Å². The van der Waals surface area contributed by atoms with Crippen LogP contribution >= 0.6 is 11.6 Å². The van der Waals surface area contributed by atoms with Gasteiger partial charge in [0.1, 0.15) is 5.75 Å². The van der Waals surface area contributed by atoms with Gasteiger partial charge in [-0.1, -0.05) is 41.9 Å². The molecule has 0 aliphatic heterocycles. The largest absolute Gasteiger partial charge is 0.494 e. The first-order valence-electron chi connectivity index (χ1n) is 6.40. The molecule has 0 radical (unpaired) electrons. The molecule has 2 rings (SSSR count). The number of carbonyl (C=O) groups excluding carboxylic acids is 1. The van der Waals surface area contributed by atoms with Gasteiger partial charge in [-0.3, -0.25) is 4.79 Å². The second kappa shape index (κ2) is 6.92. The Morgan fingerprint density at radius 1 is 1.15 bits per heavy atom. The number of ether oxygens (including phenoxy) is 1. The summed E-state index contributed by atoms with van der Waals surface area (Å²) in [6.07, 6.45) is 3.29. The summed E-state index contributed by atoms with van der Waals surface area (Å²) >= 11 is 5.99. The molecule has 0 aliphatic rings. The maximum atomic E-state index is 12.0. The summed E-state index contributed by atoms with van der Waals surface area (Å²) in [5.74, 6) is 0.714. The Morgan fingerprint density at radius 3 is 2.50 bits per heavy atom. The highest BCUT2D eigenvalue weighted by molar-refractivity contribution is 6.34. The van der Waals surface area contributed by atoms with E-state index in [2.05, 4.69) is 0 Å². The normalized spacial score (nSPS) is 10.7. The van der Waals surface area contributed by atoms with Gasteiger partial charge >= 0.3 is 0 Å². The number of benzene rings is 2. The maximum absolute atomic E-state index is 12.0. The van der Waals surface area contributed by atoms with Crippen LogP contribution in [0.4, 0.5) is 0 Å². The van der Waals surface area contributed by atoms with Gasteiger partial charge in [0.25, 0.3) is 0 Å². The molecule has 20 heavy (non-hydrogen) atoms. The average Bonchev–Trinajstić information content (AvgIpc) is 2.47. The Kier molecular flexibility index (Phi) is 4.97. The van der Waals surface area contributed by atoms with Crippen molar-refractivity contribution in [2.75, 3.05) is 6.61 Å². The van der Waals surface area contributed by atoms with Crippen molar-refractivity contribution in [2.24, 2.45) is 0 Å². The number of carbonyl (C=O) groups is 1. The molecule has 0 aromatic heterocycles. The zero-order valence-corrected chi connectivity index (χ0v) is 11.9. The molecule has 0 aliphatic carbocycles. The monoisotopic (exact) mass is 286 g/mol. The highest BCUT2D eigenvalue weighted by atomic mass is 35.5. The average molecular weight is 287 g/mol. The van der Waals surface area contributed by atoms with Gasteiger partial charge in [-0.2, -0.15) is 0 Å². The molecule has 0 atom stereocenters. The van der Waals surface area contributed by atoms with Crippen LogP contribution in [0.25, 0.3) is 6.08 Å². The first-order chi connectivity index (χ1) is 9.70. The lowest BCUT2D eigenvalue weighted by Crippen LogP contribution is -1.94. The second-order valence-electron chi connectivity index (χ2n) is 4.18. The topological polar surface area (TPSA) is 26.3 Å². The Bertz CT molecular complexity index is 615. The van der Waals surface area contributed by atoms with Gasteiger partial charge in [0, 0.05) is 5.56 Å². The molecule has 2 nitrogen and oxygen atoms in total. The van der Waals surface area contributed by atoms with Gasteiger partial charge in [0.15, 0.2) is 5.78 Å². The van der Waals surface area contributed by atoms with E-state index in [0.717, 1.165) is 11.3 Å². The van der Waals surface area contributed by atoms with Crippen molar-refractivity contribution < 1.29 is 9.53 Å². The number of halogens is 1. The molecule has 102 valence electrons. The molecule has 0 saturated heterocycles. The van der Waals surface area contributed by atoms with E-state index in [9.17, 15) is 4.79 Å². The summed E-state index contributed by atoms with van der Waals surface area (Å²) < 4.78 is 5.36. The quantitative estimate of drug-likeness (QED) is 0.591. The molecule has 0 spiro atoms. The predicted molar refractivity (Wildman–Crippen MR) is 82.4 cm³/mol. The maximum Gasteiger partial charge on any atom is 0.187 e. The molecular formula is C17H15ClO2. The third kappa shape index (κ3) is 3.72. The zero-order chi connectivity index (χ0) is 14.4. The summed E-state index contributed by atoms with van der Waals surface area (Å²) in [5.41, 5.74) is 1.45. The Balaban J connectivity index is 2.09. The lowest BCUT2D eigenvalue weighted by atomic mass is 10.1. The minimum atomic E-state index is -0.107. The van der Waals surface area contributed by atoms with E-state index < -0.39 is 0 Å². The van der Waals surface area contributed by atoms with E-state index in [-0.39, 0.29) is 5.78 Å². The third-order valence-electron chi connectivity index (χ3n) is 2.76. The Morgan fingerprint density at radius 2 is 1.85 bits per heavy atom. The van der Waals surface area contributed by atoms with Gasteiger partial charge in [0.05, 0.1) is 11.6 Å². The molecule has 0 N–H and O–H groups in total. The first-order valence-corrected chi connectivity index (χ1v) is 6.78. The predicted octanol–water partition coefficient (Wildman–Crippen LogP) is 4.63. The summed E-state index contributed by atoms with van der Waals surface area (Å²) in [7, 11) is 0. The van der Waals surface area contributed by atoms with Gasteiger partial charge in [-0.25, -0.2) is 0 Å². The van der Waals surface area contributed by atoms with Crippen molar-refractivity contribution in [2.45, 2.75) is 6.92 Å². The fraction of sp³-hybridized carbons (Fsp3) is 0.118. The standard InChI is InChI=1S/C17H15ClO2/c1-2-20-14-10-7-13(8-11-14)9-12-17(19)15-5-3-4-6-16(15)18/h3-12H,2H2,1H3/b12-9+. The zero-order valence-electron chi connectivity index (χ0n) is 11.2. The van der Waals surface area contributed by atoms with Crippen molar-refractivity contribution >= 4 is 23.5 Å². The molecule has 0 amide bonds. The molecule has 2 aromatic rings.